The van der Waals surface area contributed by atoms with Crippen molar-refractivity contribution in [2.24, 2.45) is 0 Å². The van der Waals surface area contributed by atoms with Gasteiger partial charge in [-0.05, 0) is 59.8 Å². The van der Waals surface area contributed by atoms with E-state index >= 15 is 0 Å². The Bertz CT molecular complexity index is 1680. The van der Waals surface area contributed by atoms with Crippen molar-refractivity contribution in [1.82, 2.24) is 0 Å². The second-order valence-corrected chi connectivity index (χ2v) is 14.5. The van der Waals surface area contributed by atoms with E-state index in [-0.39, 0.29) is 25.8 Å². The van der Waals surface area contributed by atoms with E-state index in [1.807, 2.05) is 0 Å². The van der Waals surface area contributed by atoms with E-state index in [4.69, 9.17) is 0 Å². The first-order valence-electron chi connectivity index (χ1n) is 18.0. The molecule has 0 amide bonds. The Morgan fingerprint density at radius 2 is 0.875 bits per heavy atom. The zero-order valence-electron chi connectivity index (χ0n) is 30.8. The molecular weight excluding hydrogens is 759 g/mol. The Morgan fingerprint density at radius 3 is 1.23 bits per heavy atom. The SMILES string of the molecule is CCCCc1ccccc1-c1cccc2[cH-]c(C(C)C)cc12.CCCCc1ccccc1-c1cccc2[cH-]c(C(C)C)cc12.C[Si]C.[Hf]. The average molecular weight is 816 g/mol. The minimum absolute atomic E-state index is 0. The van der Waals surface area contributed by atoms with Gasteiger partial charge in [0.05, 0.1) is 0 Å². The van der Waals surface area contributed by atoms with Crippen LogP contribution in [0.3, 0.4) is 0 Å². The van der Waals surface area contributed by atoms with Gasteiger partial charge in [-0.3, -0.25) is 0 Å². The number of hydrogen-bond donors (Lipinski definition) is 0. The van der Waals surface area contributed by atoms with Crippen LogP contribution in [-0.2, 0) is 38.7 Å². The minimum Gasteiger partial charge on any atom is -0.164 e. The summed E-state index contributed by atoms with van der Waals surface area (Å²) in [6.07, 6.45) is 7.33. The Morgan fingerprint density at radius 1 is 0.521 bits per heavy atom. The van der Waals surface area contributed by atoms with Crippen molar-refractivity contribution in [3.05, 3.63) is 131 Å². The normalized spacial score (nSPS) is 10.9. The molecule has 2 heteroatoms. The molecule has 48 heavy (non-hydrogen) atoms. The van der Waals surface area contributed by atoms with E-state index in [1.54, 1.807) is 0 Å². The summed E-state index contributed by atoms with van der Waals surface area (Å²) >= 11 is 0. The maximum absolute atomic E-state index is 2.38. The first-order valence-corrected chi connectivity index (χ1v) is 20.0. The first kappa shape index (κ1) is 39.6. The molecule has 0 nitrogen and oxygen atoms in total. The second kappa shape index (κ2) is 20.0. The van der Waals surface area contributed by atoms with Gasteiger partial charge in [-0.25, -0.2) is 0 Å². The Balaban J connectivity index is 0.000000236. The number of aryl methyl sites for hydroxylation is 2. The Kier molecular flexibility index (Phi) is 16.5. The molecule has 0 unspecified atom stereocenters. The van der Waals surface area contributed by atoms with Crippen molar-refractivity contribution in [3.63, 3.8) is 0 Å². The van der Waals surface area contributed by atoms with E-state index < -0.39 is 0 Å². The van der Waals surface area contributed by atoms with Crippen LogP contribution in [0.1, 0.15) is 101 Å². The number of unbranched alkanes of at least 4 members (excludes halogenated alkanes) is 2. The van der Waals surface area contributed by atoms with Gasteiger partial charge in [-0.1, -0.05) is 139 Å². The fourth-order valence-electron chi connectivity index (χ4n) is 6.39. The van der Waals surface area contributed by atoms with Crippen LogP contribution < -0.4 is 0 Å². The summed E-state index contributed by atoms with van der Waals surface area (Å²) in [5.74, 6) is 1.16. The summed E-state index contributed by atoms with van der Waals surface area (Å²) in [6, 6.07) is 40.7. The van der Waals surface area contributed by atoms with Gasteiger partial charge < -0.3 is 0 Å². The van der Waals surface area contributed by atoms with Crippen molar-refractivity contribution < 1.29 is 25.8 Å². The predicted octanol–water partition coefficient (Wildman–Crippen LogP) is 14.2. The van der Waals surface area contributed by atoms with Crippen molar-refractivity contribution in [2.75, 3.05) is 0 Å². The van der Waals surface area contributed by atoms with Crippen LogP contribution >= 0.6 is 0 Å². The third kappa shape index (κ3) is 10.1. The maximum atomic E-state index is 2.38. The molecule has 6 aromatic rings. The molecule has 0 fully saturated rings. The van der Waals surface area contributed by atoms with E-state index in [0.29, 0.717) is 11.8 Å². The summed E-state index contributed by atoms with van der Waals surface area (Å²) in [6.45, 7) is 17.9. The summed E-state index contributed by atoms with van der Waals surface area (Å²) in [4.78, 5) is 0. The van der Waals surface area contributed by atoms with Crippen LogP contribution in [0.2, 0.25) is 13.1 Å². The van der Waals surface area contributed by atoms with Crippen molar-refractivity contribution >= 4 is 31.1 Å². The van der Waals surface area contributed by atoms with Gasteiger partial charge in [-0.15, -0.1) is 69.1 Å². The second-order valence-electron chi connectivity index (χ2n) is 13.5. The fraction of sp³-hybridized carbons (Fsp3) is 0.348. The molecule has 0 saturated heterocycles. The topological polar surface area (TPSA) is 0 Å². The molecule has 6 rings (SSSR count). The zero-order valence-corrected chi connectivity index (χ0v) is 35.4. The molecule has 0 spiro atoms. The van der Waals surface area contributed by atoms with Crippen LogP contribution in [0.4, 0.5) is 0 Å². The molecule has 0 bridgehead atoms. The van der Waals surface area contributed by atoms with Gasteiger partial charge in [0.25, 0.3) is 0 Å². The van der Waals surface area contributed by atoms with Crippen LogP contribution in [-0.4, -0.2) is 9.52 Å². The van der Waals surface area contributed by atoms with E-state index in [2.05, 4.69) is 164 Å². The Hall–Kier alpha value is -2.81. The van der Waals surface area contributed by atoms with Gasteiger partial charge >= 0.3 is 0 Å². The van der Waals surface area contributed by atoms with Gasteiger partial charge in [-0.2, -0.15) is 12.1 Å². The Labute approximate surface area is 313 Å². The molecule has 0 heterocycles. The van der Waals surface area contributed by atoms with Crippen molar-refractivity contribution in [2.45, 2.75) is 105 Å². The zero-order chi connectivity index (χ0) is 33.8. The van der Waals surface area contributed by atoms with Crippen LogP contribution in [0.25, 0.3) is 43.8 Å². The van der Waals surface area contributed by atoms with Crippen LogP contribution in [0.5, 0.6) is 0 Å². The first-order chi connectivity index (χ1) is 22.8. The number of fused-ring (bicyclic) bond motifs is 2. The van der Waals surface area contributed by atoms with Gasteiger partial charge in [0.1, 0.15) is 0 Å². The summed E-state index contributed by atoms with van der Waals surface area (Å²) in [5, 5.41) is 5.53. The van der Waals surface area contributed by atoms with Gasteiger partial charge in [0.15, 0.2) is 0 Å². The third-order valence-electron chi connectivity index (χ3n) is 9.09. The smallest absolute Gasteiger partial charge is 0.0307 e. The summed E-state index contributed by atoms with van der Waals surface area (Å²) in [5.41, 5.74) is 11.4. The molecule has 0 aliphatic heterocycles. The third-order valence-corrected chi connectivity index (χ3v) is 9.09. The standard InChI is InChI=1S/2C22H25.C2H6Si.Hf/c2*1-4-5-9-17-10-6-7-12-20(17)21-13-8-11-18-14-19(16(2)3)15-22(18)21;1-3-2;/h2*6-8,10-16H,4-5,9H2,1-3H3;1-2H3;/q2*-1;;. The van der Waals surface area contributed by atoms with Crippen LogP contribution in [0, 0.1) is 0 Å². The summed E-state index contributed by atoms with van der Waals surface area (Å²) < 4.78 is 0. The van der Waals surface area contributed by atoms with Crippen molar-refractivity contribution in [1.29, 1.82) is 0 Å². The monoisotopic (exact) mass is 816 g/mol. The average Bonchev–Trinajstić information content (AvgIpc) is 3.73. The molecule has 0 N–H and O–H groups in total. The molecule has 0 saturated carbocycles. The van der Waals surface area contributed by atoms with E-state index in [9.17, 15) is 0 Å². The van der Waals surface area contributed by atoms with E-state index in [1.165, 1.54) is 105 Å². The quantitative estimate of drug-likeness (QED) is 0.0954. The molecule has 0 aliphatic rings. The summed E-state index contributed by atoms with van der Waals surface area (Å²) in [7, 11) is 1.08. The number of rotatable bonds is 10. The predicted molar refractivity (Wildman–Crippen MR) is 213 cm³/mol. The van der Waals surface area contributed by atoms with Crippen LogP contribution in [0.15, 0.2) is 109 Å². The maximum Gasteiger partial charge on any atom is 0.0307 e. The molecule has 250 valence electrons. The minimum atomic E-state index is 0. The molecule has 0 aromatic heterocycles. The number of benzene rings is 4. The fourth-order valence-corrected chi connectivity index (χ4v) is 6.39. The number of hydrogen-bond acceptors (Lipinski definition) is 0. The largest absolute Gasteiger partial charge is 0.164 e. The molecular formula is C46H56HfSi-2. The molecule has 2 radical (unpaired) electrons. The molecule has 0 aliphatic carbocycles. The van der Waals surface area contributed by atoms with E-state index in [0.717, 1.165) is 9.52 Å². The van der Waals surface area contributed by atoms with Gasteiger partial charge in [0.2, 0.25) is 0 Å². The molecule has 0 atom stereocenters. The molecule has 6 aromatic carbocycles. The van der Waals surface area contributed by atoms with Gasteiger partial charge in [0, 0.05) is 35.4 Å². The van der Waals surface area contributed by atoms with Crippen molar-refractivity contribution in [3.8, 4) is 22.3 Å².